The third kappa shape index (κ3) is 12.8. The number of halogens is 8. The first-order valence-corrected chi connectivity index (χ1v) is 35.4. The largest absolute Gasteiger partial charge is 0.477 e. The lowest BCUT2D eigenvalue weighted by Gasteiger charge is -2.70. The molecule has 2 aromatic heterocycles. The molecule has 4 aromatic carbocycles. The lowest BCUT2D eigenvalue weighted by Crippen LogP contribution is -2.72. The Balaban J connectivity index is 0.000000115. The summed E-state index contributed by atoms with van der Waals surface area (Å²) >= 11 is 0. The highest BCUT2D eigenvalue weighted by Gasteiger charge is 2.77. The Morgan fingerprint density at radius 3 is 1.09 bits per heavy atom. The summed E-state index contributed by atoms with van der Waals surface area (Å²) in [5.74, 6) is -4.58. The van der Waals surface area contributed by atoms with Crippen LogP contribution in [0.25, 0.3) is 0 Å². The Hall–Kier alpha value is -10.9. The summed E-state index contributed by atoms with van der Waals surface area (Å²) in [7, 11) is 3.44. The predicted octanol–water partition coefficient (Wildman–Crippen LogP) is 12.6. The van der Waals surface area contributed by atoms with Gasteiger partial charge in [0.25, 0.3) is 0 Å². The summed E-state index contributed by atoms with van der Waals surface area (Å²) in [6.07, 6.45) is 20.6. The van der Waals surface area contributed by atoms with Crippen molar-refractivity contribution in [3.8, 4) is 18.0 Å². The molecule has 12 aliphatic carbocycles. The van der Waals surface area contributed by atoms with E-state index in [4.69, 9.17) is 15.3 Å². The smallest absolute Gasteiger partial charge is 0.249 e. The van der Waals surface area contributed by atoms with Gasteiger partial charge in [-0.2, -0.15) is 30.9 Å². The van der Waals surface area contributed by atoms with E-state index in [0.29, 0.717) is 122 Å². The quantitative estimate of drug-likeness (QED) is 0.0884. The third-order valence-corrected chi connectivity index (χ3v) is 23.8. The number of carbonyl (C=O) groups excluding carboxylic acids is 5. The van der Waals surface area contributed by atoms with Crippen molar-refractivity contribution >= 4 is 60.2 Å². The minimum atomic E-state index is -0.671. The highest BCUT2D eigenvalue weighted by molar-refractivity contribution is 5.97. The molecule has 552 valence electrons. The Bertz CT molecular complexity index is 4570. The van der Waals surface area contributed by atoms with Gasteiger partial charge in [0.2, 0.25) is 35.4 Å². The van der Waals surface area contributed by atoms with Gasteiger partial charge in [-0.05, 0) is 159 Å². The summed E-state index contributed by atoms with van der Waals surface area (Å²) in [5, 5.41) is 43.4. The van der Waals surface area contributed by atoms with E-state index in [1.165, 1.54) is 87.3 Å². The molecule has 5 amide bonds. The molecule has 4 atom stereocenters. The van der Waals surface area contributed by atoms with E-state index in [9.17, 15) is 59.1 Å². The third-order valence-electron chi connectivity index (χ3n) is 23.8. The molecule has 16 aliphatic rings. The number of ether oxygens (including phenoxy) is 1. The molecule has 107 heavy (non-hydrogen) atoms. The maximum Gasteiger partial charge on any atom is 0.249 e. The van der Waals surface area contributed by atoms with Crippen LogP contribution in [-0.2, 0) is 24.0 Å². The molecular weight excluding hydrogens is 1400 g/mol. The summed E-state index contributed by atoms with van der Waals surface area (Å²) in [6, 6.07) is 18.5. The number of nitrogens with zero attached hydrogens (tertiary/aromatic N) is 15. The molecule has 22 rings (SSSR count). The topological polar surface area (TPSA) is 271 Å². The molecule has 12 saturated carbocycles. The number of amides is 5. The number of anilines is 1. The van der Waals surface area contributed by atoms with Gasteiger partial charge in [0.05, 0.1) is 57.8 Å². The Kier molecular flexibility index (Phi) is 17.8. The first kappa shape index (κ1) is 71.7. The average molecular weight is 1470 g/mol. The van der Waals surface area contributed by atoms with Gasteiger partial charge in [-0.15, -0.1) is 0 Å². The zero-order chi connectivity index (χ0) is 75.4. The second-order valence-corrected chi connectivity index (χ2v) is 31.6. The van der Waals surface area contributed by atoms with Crippen LogP contribution in [0, 0.1) is 113 Å². The molecule has 8 bridgehead atoms. The normalized spacial score (nSPS) is 30.7. The van der Waals surface area contributed by atoms with Gasteiger partial charge in [-0.1, -0.05) is 13.3 Å². The van der Waals surface area contributed by atoms with Crippen LogP contribution in [-0.4, -0.2) is 127 Å². The highest BCUT2D eigenvalue weighted by Crippen LogP contribution is 2.77. The molecule has 0 saturated heterocycles. The number of rotatable bonds is 16. The van der Waals surface area contributed by atoms with Gasteiger partial charge >= 0.3 is 0 Å². The van der Waals surface area contributed by atoms with Crippen molar-refractivity contribution in [2.45, 2.75) is 140 Å². The SMILES string of the molecule is CCC12CC(C(=O)N3N=CCC3c3cc(F)cc(F)c3)(C1)C2.CN(C)C(=O)C12CC(C(=O)N3N=CCC3c3cc(F)cc(F)c3)(C1)C2.N#Cc1cc(NCC23CC(C(=O)N4N=CCC4c4cc(F)cc(F)c4)(C2)C3)ncn1.N#Cc1cc(OCC23CC(C(=O)N4N=CCC4c4cc(F)cc(F)c4)(C2)C3)ncn1. The number of hydrazone groups is 4. The first-order chi connectivity index (χ1) is 51.1. The molecule has 4 aliphatic heterocycles. The number of nitriles is 2. The van der Waals surface area contributed by atoms with Crippen molar-refractivity contribution in [2.24, 2.45) is 63.7 Å². The van der Waals surface area contributed by atoms with E-state index in [2.05, 4.69) is 52.6 Å². The van der Waals surface area contributed by atoms with Crippen LogP contribution < -0.4 is 10.1 Å². The van der Waals surface area contributed by atoms with Crippen LogP contribution in [0.4, 0.5) is 40.9 Å². The lowest BCUT2D eigenvalue weighted by molar-refractivity contribution is -0.227. The lowest BCUT2D eigenvalue weighted by atomic mass is 9.34. The van der Waals surface area contributed by atoms with Gasteiger partial charge in [-0.25, -0.2) is 75.1 Å². The first-order valence-electron chi connectivity index (χ1n) is 35.4. The van der Waals surface area contributed by atoms with Gasteiger partial charge < -0.3 is 15.0 Å². The Morgan fingerprint density at radius 1 is 0.439 bits per heavy atom. The van der Waals surface area contributed by atoms with Crippen LogP contribution in [0.15, 0.2) is 118 Å². The summed E-state index contributed by atoms with van der Waals surface area (Å²) in [4.78, 5) is 81.7. The van der Waals surface area contributed by atoms with E-state index < -0.39 is 86.3 Å². The molecule has 0 radical (unpaired) electrons. The fourth-order valence-corrected chi connectivity index (χ4v) is 19.2. The van der Waals surface area contributed by atoms with Crippen molar-refractivity contribution in [3.05, 3.63) is 178 Å². The van der Waals surface area contributed by atoms with Crippen molar-refractivity contribution in [3.63, 3.8) is 0 Å². The molecule has 6 aromatic rings. The van der Waals surface area contributed by atoms with Crippen LogP contribution in [0.3, 0.4) is 0 Å². The molecule has 12 fully saturated rings. The van der Waals surface area contributed by atoms with E-state index in [-0.39, 0.29) is 57.5 Å². The van der Waals surface area contributed by atoms with Crippen molar-refractivity contribution in [2.75, 3.05) is 32.6 Å². The van der Waals surface area contributed by atoms with Crippen molar-refractivity contribution < 1.29 is 63.8 Å². The molecule has 30 heteroatoms. The molecular formula is C77H72F8N16O6. The zero-order valence-corrected chi connectivity index (χ0v) is 58.5. The molecule has 6 heterocycles. The Labute approximate surface area is 609 Å². The van der Waals surface area contributed by atoms with Crippen LogP contribution in [0.5, 0.6) is 5.88 Å². The zero-order valence-electron chi connectivity index (χ0n) is 58.5. The predicted molar refractivity (Wildman–Crippen MR) is 368 cm³/mol. The number of hydrogen-bond acceptors (Lipinski definition) is 17. The van der Waals surface area contributed by atoms with Crippen molar-refractivity contribution in [1.82, 2.24) is 44.9 Å². The molecule has 22 nitrogen and oxygen atoms in total. The summed E-state index contributed by atoms with van der Waals surface area (Å²) in [6.45, 7) is 3.23. The number of benzene rings is 4. The fourth-order valence-electron chi connectivity index (χ4n) is 19.2. The van der Waals surface area contributed by atoms with Crippen LogP contribution >= 0.6 is 0 Å². The highest BCUT2D eigenvalue weighted by atomic mass is 19.2. The van der Waals surface area contributed by atoms with Gasteiger partial charge in [0.15, 0.2) is 0 Å². The van der Waals surface area contributed by atoms with Gasteiger partial charge in [-0.3, -0.25) is 24.0 Å². The molecule has 0 spiro atoms. The standard InChI is InChI=1S/C21H18F2N6O.C21H17F2N5O2.C18H19F2N3O2.C17H18F2N2O/c22-14-3-13(4-15(23)5-14)17-1-2-28-29(17)19(30)21-8-20(9-21,10-21)11-25-18-6-16(7-24)26-12-27-18;22-14-3-13(4-15(23)5-14)17-1-2-27-28(17)19(29)21-8-20(9-21,10-21)11-30-18-6-16(7-24)25-12-26-18;1-22(2)15(24)17-8-18(9-17,10-17)16(25)23-14(3-4-21-23)11-5-12(19)7-13(20)6-11;1-2-16-8-17(9-16,10-16)15(22)21-14(3-4-20-21)11-5-12(18)7-13(19)6-11/h2-6,12,17H,1,8-11H2,(H,25,26,27);2-6,12,17H,1,8-11H2;4-7,14H,3,8-10H2,1-2H3;4-7,14H,2-3,8-10H2,1H3. The number of carbonyl (C=O) groups is 5. The Morgan fingerprint density at radius 2 is 0.757 bits per heavy atom. The molecule has 4 unspecified atom stereocenters. The maximum absolute atomic E-state index is 13.6. The monoisotopic (exact) mass is 1470 g/mol. The second kappa shape index (κ2) is 26.5. The van der Waals surface area contributed by atoms with E-state index >= 15 is 0 Å². The second-order valence-electron chi connectivity index (χ2n) is 31.6. The van der Waals surface area contributed by atoms with Crippen LogP contribution in [0.2, 0.25) is 0 Å². The summed E-state index contributed by atoms with van der Waals surface area (Å²) < 4.78 is 114. The summed E-state index contributed by atoms with van der Waals surface area (Å²) in [5.41, 5.74) is 0.388. The average Bonchev–Trinajstić information content (AvgIpc) is 1.13. The molecule has 1 N–H and O–H groups in total. The number of aromatic nitrogens is 4. The minimum Gasteiger partial charge on any atom is -0.477 e. The van der Waals surface area contributed by atoms with Gasteiger partial charge in [0, 0.05) is 113 Å². The van der Waals surface area contributed by atoms with Gasteiger partial charge in [0.1, 0.15) is 88.5 Å². The number of nitrogens with one attached hydrogen (secondary N) is 1. The van der Waals surface area contributed by atoms with E-state index in [1.54, 1.807) is 49.9 Å². The maximum atomic E-state index is 13.6. The fraction of sp³-hybridized carbons (Fsp3) is 0.442. The van der Waals surface area contributed by atoms with Crippen LogP contribution in [0.1, 0.15) is 174 Å². The minimum absolute atomic E-state index is 0.0197. The number of hydrogen-bond donors (Lipinski definition) is 1. The van der Waals surface area contributed by atoms with E-state index in [0.717, 1.165) is 69.2 Å². The van der Waals surface area contributed by atoms with E-state index in [1.807, 2.05) is 12.1 Å². The van der Waals surface area contributed by atoms with Crippen molar-refractivity contribution in [1.29, 1.82) is 10.5 Å².